The maximum absolute atomic E-state index is 12.7. The number of thiophene rings is 2. The molecule has 31 heavy (non-hydrogen) atoms. The third-order valence-electron chi connectivity index (χ3n) is 6.04. The largest absolute Gasteiger partial charge is 0.349 e. The highest BCUT2D eigenvalue weighted by molar-refractivity contribution is 7.16. The lowest BCUT2D eigenvalue weighted by Gasteiger charge is -2.31. The highest BCUT2D eigenvalue weighted by atomic mass is 32.1. The van der Waals surface area contributed by atoms with Crippen molar-refractivity contribution in [2.24, 2.45) is 0 Å². The second kappa shape index (κ2) is 9.94. The highest BCUT2D eigenvalue weighted by Crippen LogP contribution is 2.37. The van der Waals surface area contributed by atoms with Gasteiger partial charge in [0, 0.05) is 28.9 Å². The van der Waals surface area contributed by atoms with E-state index in [4.69, 9.17) is 0 Å². The number of anilines is 1. The molecule has 3 heterocycles. The second-order valence-corrected chi connectivity index (χ2v) is 10.8. The van der Waals surface area contributed by atoms with E-state index in [0.717, 1.165) is 66.9 Å². The summed E-state index contributed by atoms with van der Waals surface area (Å²) in [6.45, 7) is 3.86. The zero-order valence-electron chi connectivity index (χ0n) is 17.8. The summed E-state index contributed by atoms with van der Waals surface area (Å²) in [5, 5.41) is 16.5. The van der Waals surface area contributed by atoms with Crippen LogP contribution in [0, 0.1) is 18.3 Å². The maximum Gasteiger partial charge on any atom is 0.261 e. The summed E-state index contributed by atoms with van der Waals surface area (Å²) in [7, 11) is 0. The molecule has 0 spiro atoms. The maximum atomic E-state index is 12.7. The Labute approximate surface area is 191 Å². The lowest BCUT2D eigenvalue weighted by molar-refractivity contribution is -0.117. The Morgan fingerprint density at radius 1 is 1.16 bits per heavy atom. The van der Waals surface area contributed by atoms with Crippen molar-refractivity contribution in [2.45, 2.75) is 57.9 Å². The number of nitrogens with zero attached hydrogens (tertiary/aromatic N) is 2. The predicted molar refractivity (Wildman–Crippen MR) is 125 cm³/mol. The van der Waals surface area contributed by atoms with Crippen molar-refractivity contribution in [2.75, 3.05) is 25.0 Å². The van der Waals surface area contributed by atoms with Gasteiger partial charge in [0.25, 0.3) is 5.91 Å². The number of likely N-dealkylation sites (tertiary alicyclic amines) is 1. The number of hydrogen-bond acceptors (Lipinski definition) is 6. The van der Waals surface area contributed by atoms with Crippen LogP contribution in [0.25, 0.3) is 0 Å². The lowest BCUT2D eigenvalue weighted by atomic mass is 10.0. The van der Waals surface area contributed by atoms with Crippen LogP contribution in [0.2, 0.25) is 0 Å². The van der Waals surface area contributed by atoms with Gasteiger partial charge in [0.15, 0.2) is 0 Å². The first kappa shape index (κ1) is 22.0. The van der Waals surface area contributed by atoms with Gasteiger partial charge in [0.05, 0.1) is 17.0 Å². The van der Waals surface area contributed by atoms with Gasteiger partial charge in [0.2, 0.25) is 5.91 Å². The minimum Gasteiger partial charge on any atom is -0.349 e. The van der Waals surface area contributed by atoms with Gasteiger partial charge >= 0.3 is 0 Å². The molecule has 0 aromatic carbocycles. The summed E-state index contributed by atoms with van der Waals surface area (Å²) in [5.74, 6) is -0.0692. The van der Waals surface area contributed by atoms with Crippen molar-refractivity contribution in [3.05, 3.63) is 37.9 Å². The van der Waals surface area contributed by atoms with Gasteiger partial charge in [-0.05, 0) is 63.1 Å². The molecule has 8 heteroatoms. The van der Waals surface area contributed by atoms with Crippen LogP contribution in [0.15, 0.2) is 12.1 Å². The van der Waals surface area contributed by atoms with Gasteiger partial charge in [-0.3, -0.25) is 14.5 Å². The predicted octanol–water partition coefficient (Wildman–Crippen LogP) is 4.09. The molecule has 2 aliphatic rings. The average Bonchev–Trinajstić information content (AvgIpc) is 3.24. The first-order chi connectivity index (χ1) is 15.0. The standard InChI is InChI=1S/C23H28N4O2S2/c1-15-7-8-20(30-15)22(29)25-16-9-11-27(12-10-16)14-21(28)26-23-18(13-24)17-5-3-2-4-6-19(17)31-23/h7-8,16H,2-6,9-12,14H2,1H3,(H,25,29)(H,26,28). The third-order valence-corrected chi connectivity index (χ3v) is 8.25. The van der Waals surface area contributed by atoms with E-state index in [9.17, 15) is 14.9 Å². The number of rotatable bonds is 5. The molecule has 0 unspecified atom stereocenters. The fourth-order valence-electron chi connectivity index (χ4n) is 4.37. The van der Waals surface area contributed by atoms with Gasteiger partial charge in [-0.25, -0.2) is 0 Å². The number of hydrogen-bond donors (Lipinski definition) is 2. The number of nitrogens with one attached hydrogen (secondary N) is 2. The number of fused-ring (bicyclic) bond motifs is 1. The summed E-state index contributed by atoms with van der Waals surface area (Å²) in [4.78, 5) is 30.3. The first-order valence-corrected chi connectivity index (χ1v) is 12.6. The van der Waals surface area contributed by atoms with Crippen LogP contribution < -0.4 is 10.6 Å². The fraction of sp³-hybridized carbons (Fsp3) is 0.522. The Hall–Kier alpha value is -2.21. The quantitative estimate of drug-likeness (QED) is 0.664. The fourth-order valence-corrected chi connectivity index (χ4v) is 6.39. The van der Waals surface area contributed by atoms with Crippen molar-refractivity contribution < 1.29 is 9.59 Å². The van der Waals surface area contributed by atoms with Gasteiger partial charge in [0.1, 0.15) is 11.1 Å². The van der Waals surface area contributed by atoms with E-state index in [0.29, 0.717) is 17.1 Å². The molecule has 0 atom stereocenters. The van der Waals surface area contributed by atoms with Gasteiger partial charge < -0.3 is 10.6 Å². The van der Waals surface area contributed by atoms with Crippen LogP contribution in [-0.4, -0.2) is 42.4 Å². The number of amides is 2. The zero-order chi connectivity index (χ0) is 21.8. The molecule has 2 N–H and O–H groups in total. The van der Waals surface area contributed by atoms with E-state index in [1.54, 1.807) is 11.3 Å². The van der Waals surface area contributed by atoms with Crippen LogP contribution in [0.5, 0.6) is 0 Å². The molecule has 6 nitrogen and oxygen atoms in total. The van der Waals surface area contributed by atoms with Crippen molar-refractivity contribution in [1.82, 2.24) is 10.2 Å². The average molecular weight is 457 g/mol. The molecule has 1 aliphatic heterocycles. The topological polar surface area (TPSA) is 85.2 Å². The minimum atomic E-state index is -0.0653. The molecule has 2 aromatic heterocycles. The zero-order valence-corrected chi connectivity index (χ0v) is 19.5. The summed E-state index contributed by atoms with van der Waals surface area (Å²) in [5.41, 5.74) is 1.82. The normalized spacial score (nSPS) is 17.4. The molecular formula is C23H28N4O2S2. The van der Waals surface area contributed by atoms with Gasteiger partial charge in [-0.2, -0.15) is 5.26 Å². The van der Waals surface area contributed by atoms with Gasteiger partial charge in [-0.15, -0.1) is 22.7 Å². The monoisotopic (exact) mass is 456 g/mol. The van der Waals surface area contributed by atoms with E-state index >= 15 is 0 Å². The summed E-state index contributed by atoms with van der Waals surface area (Å²) >= 11 is 3.09. The molecule has 1 saturated heterocycles. The van der Waals surface area contributed by atoms with E-state index in [2.05, 4.69) is 21.6 Å². The van der Waals surface area contributed by atoms with Gasteiger partial charge in [-0.1, -0.05) is 6.42 Å². The SMILES string of the molecule is Cc1ccc(C(=O)NC2CCN(CC(=O)Nc3sc4c(c3C#N)CCCCC4)CC2)s1. The number of carbonyl (C=O) groups is 2. The van der Waals surface area contributed by atoms with Crippen molar-refractivity contribution >= 4 is 39.5 Å². The molecule has 164 valence electrons. The number of nitriles is 1. The Kier molecular flexibility index (Phi) is 7.06. The summed E-state index contributed by atoms with van der Waals surface area (Å²) in [6, 6.07) is 6.30. The van der Waals surface area contributed by atoms with Crippen LogP contribution in [-0.2, 0) is 17.6 Å². The molecular weight excluding hydrogens is 428 g/mol. The van der Waals surface area contributed by atoms with E-state index < -0.39 is 0 Å². The number of aryl methyl sites for hydroxylation is 2. The second-order valence-electron chi connectivity index (χ2n) is 8.36. The Bertz CT molecular complexity index is 996. The lowest BCUT2D eigenvalue weighted by Crippen LogP contribution is -2.46. The van der Waals surface area contributed by atoms with E-state index in [1.165, 1.54) is 22.6 Å². The van der Waals surface area contributed by atoms with Crippen LogP contribution in [0.3, 0.4) is 0 Å². The molecule has 0 bridgehead atoms. The highest BCUT2D eigenvalue weighted by Gasteiger charge is 2.25. The van der Waals surface area contributed by atoms with Crippen molar-refractivity contribution in [1.29, 1.82) is 5.26 Å². The molecule has 2 amide bonds. The van der Waals surface area contributed by atoms with E-state index in [-0.39, 0.29) is 17.9 Å². The first-order valence-electron chi connectivity index (χ1n) is 11.0. The Morgan fingerprint density at radius 2 is 1.94 bits per heavy atom. The van der Waals surface area contributed by atoms with Crippen LogP contribution >= 0.6 is 22.7 Å². The van der Waals surface area contributed by atoms with Crippen LogP contribution in [0.4, 0.5) is 5.00 Å². The summed E-state index contributed by atoms with van der Waals surface area (Å²) in [6.07, 6.45) is 7.09. The molecule has 4 rings (SSSR count). The molecule has 1 aliphatic carbocycles. The van der Waals surface area contributed by atoms with E-state index in [1.807, 2.05) is 19.1 Å². The number of piperidine rings is 1. The molecule has 1 fully saturated rings. The Balaban J connectivity index is 1.27. The molecule has 2 aromatic rings. The number of carbonyl (C=O) groups excluding carboxylic acids is 2. The summed E-state index contributed by atoms with van der Waals surface area (Å²) < 4.78 is 0. The van der Waals surface area contributed by atoms with Crippen molar-refractivity contribution in [3.8, 4) is 6.07 Å². The Morgan fingerprint density at radius 3 is 2.65 bits per heavy atom. The molecule has 0 saturated carbocycles. The third kappa shape index (κ3) is 5.35. The smallest absolute Gasteiger partial charge is 0.261 e. The minimum absolute atomic E-state index is 0.00390. The van der Waals surface area contributed by atoms with Crippen LogP contribution in [0.1, 0.15) is 62.7 Å². The molecule has 0 radical (unpaired) electrons. The van der Waals surface area contributed by atoms with Crippen molar-refractivity contribution in [3.63, 3.8) is 0 Å².